The van der Waals surface area contributed by atoms with Gasteiger partial charge in [-0.2, -0.15) is 0 Å². The summed E-state index contributed by atoms with van der Waals surface area (Å²) in [5.74, 6) is -0.303. The first-order chi connectivity index (χ1) is 8.59. The Hall–Kier alpha value is -2.05. The maximum absolute atomic E-state index is 12.0. The zero-order valence-electron chi connectivity index (χ0n) is 10.1. The number of urea groups is 1. The van der Waals surface area contributed by atoms with Crippen LogP contribution < -0.4 is 5.32 Å². The fraction of sp³-hybridized carbons (Fsp3) is 0.545. The molecule has 2 heterocycles. The number of hydrogen-bond acceptors (Lipinski definition) is 3. The number of imidazole rings is 1. The minimum atomic E-state index is -0.951. The van der Waals surface area contributed by atoms with Gasteiger partial charge >= 0.3 is 12.0 Å². The average molecular weight is 252 g/mol. The molecule has 1 saturated heterocycles. The van der Waals surface area contributed by atoms with Crippen molar-refractivity contribution < 1.29 is 14.7 Å². The Morgan fingerprint density at radius 1 is 1.67 bits per heavy atom. The van der Waals surface area contributed by atoms with E-state index in [0.29, 0.717) is 18.8 Å². The molecule has 98 valence electrons. The second-order valence-electron chi connectivity index (χ2n) is 4.34. The van der Waals surface area contributed by atoms with E-state index in [1.807, 2.05) is 0 Å². The Morgan fingerprint density at radius 2 is 2.44 bits per heavy atom. The van der Waals surface area contributed by atoms with Gasteiger partial charge in [-0.25, -0.2) is 14.6 Å². The minimum absolute atomic E-state index is 0.275. The zero-order chi connectivity index (χ0) is 13.1. The number of aromatic amines is 1. The summed E-state index contributed by atoms with van der Waals surface area (Å²) < 4.78 is 0. The Labute approximate surface area is 104 Å². The van der Waals surface area contributed by atoms with Gasteiger partial charge in [0.25, 0.3) is 0 Å². The molecule has 7 nitrogen and oxygen atoms in total. The Bertz CT molecular complexity index is 432. The van der Waals surface area contributed by atoms with Crippen LogP contribution >= 0.6 is 0 Å². The summed E-state index contributed by atoms with van der Waals surface area (Å²) in [6, 6.07) is -1.35. The van der Waals surface area contributed by atoms with Gasteiger partial charge in [0.2, 0.25) is 0 Å². The first-order valence-electron chi connectivity index (χ1n) is 5.89. The number of aromatic nitrogens is 2. The fourth-order valence-electron chi connectivity index (χ4n) is 2.12. The van der Waals surface area contributed by atoms with Crippen molar-refractivity contribution >= 4 is 12.0 Å². The monoisotopic (exact) mass is 252 g/mol. The molecule has 0 aliphatic carbocycles. The summed E-state index contributed by atoms with van der Waals surface area (Å²) in [6.07, 6.45) is 4.51. The second-order valence-corrected chi connectivity index (χ2v) is 4.34. The van der Waals surface area contributed by atoms with Crippen LogP contribution in [0.1, 0.15) is 31.6 Å². The van der Waals surface area contributed by atoms with Crippen molar-refractivity contribution in [3.05, 3.63) is 18.2 Å². The van der Waals surface area contributed by atoms with E-state index in [-0.39, 0.29) is 12.1 Å². The standard InChI is InChI=1S/C11H16N4O3/c1-7(9-12-4-5-13-9)14-11(18)15-6-2-3-8(15)10(16)17/h4-5,7-8H,2-3,6H2,1H3,(H,12,13)(H,14,18)(H,16,17). The van der Waals surface area contributed by atoms with Crippen molar-refractivity contribution in [3.63, 3.8) is 0 Å². The molecule has 2 atom stereocenters. The van der Waals surface area contributed by atoms with E-state index in [1.54, 1.807) is 19.3 Å². The minimum Gasteiger partial charge on any atom is -0.480 e. The Kier molecular flexibility index (Phi) is 3.50. The number of hydrogen-bond donors (Lipinski definition) is 3. The molecule has 1 aliphatic rings. The molecule has 7 heteroatoms. The number of likely N-dealkylation sites (tertiary alicyclic amines) is 1. The SMILES string of the molecule is CC(NC(=O)N1CCCC1C(=O)O)c1ncc[nH]1. The van der Waals surface area contributed by atoms with Crippen LogP contribution in [0.2, 0.25) is 0 Å². The van der Waals surface area contributed by atoms with Crippen molar-refractivity contribution in [1.29, 1.82) is 0 Å². The van der Waals surface area contributed by atoms with E-state index in [2.05, 4.69) is 15.3 Å². The van der Waals surface area contributed by atoms with Crippen molar-refractivity contribution in [1.82, 2.24) is 20.2 Å². The van der Waals surface area contributed by atoms with Gasteiger partial charge in [0.05, 0.1) is 6.04 Å². The van der Waals surface area contributed by atoms with Gasteiger partial charge < -0.3 is 20.3 Å². The number of carbonyl (C=O) groups is 2. The number of rotatable bonds is 3. The molecule has 0 spiro atoms. The summed E-state index contributed by atoms with van der Waals surface area (Å²) in [5, 5.41) is 11.7. The molecule has 0 radical (unpaired) electrons. The van der Waals surface area contributed by atoms with Gasteiger partial charge in [-0.1, -0.05) is 0 Å². The predicted molar refractivity (Wildman–Crippen MR) is 62.9 cm³/mol. The molecule has 0 aromatic carbocycles. The number of nitrogens with one attached hydrogen (secondary N) is 2. The molecule has 0 bridgehead atoms. The highest BCUT2D eigenvalue weighted by Crippen LogP contribution is 2.18. The lowest BCUT2D eigenvalue weighted by atomic mass is 10.2. The van der Waals surface area contributed by atoms with E-state index in [9.17, 15) is 9.59 Å². The van der Waals surface area contributed by atoms with E-state index in [0.717, 1.165) is 6.42 Å². The molecule has 18 heavy (non-hydrogen) atoms. The second kappa shape index (κ2) is 5.07. The summed E-state index contributed by atoms with van der Waals surface area (Å²) in [4.78, 5) is 31.3. The lowest BCUT2D eigenvalue weighted by Gasteiger charge is -2.23. The first kappa shape index (κ1) is 12.4. The fourth-order valence-corrected chi connectivity index (χ4v) is 2.12. The number of amides is 2. The van der Waals surface area contributed by atoms with Crippen LogP contribution in [0.25, 0.3) is 0 Å². The molecule has 2 rings (SSSR count). The van der Waals surface area contributed by atoms with Gasteiger partial charge in [-0.05, 0) is 19.8 Å². The summed E-state index contributed by atoms with van der Waals surface area (Å²) >= 11 is 0. The molecule has 2 amide bonds. The van der Waals surface area contributed by atoms with Gasteiger partial charge in [0, 0.05) is 18.9 Å². The molecule has 1 aromatic heterocycles. The van der Waals surface area contributed by atoms with Crippen LogP contribution in [0.4, 0.5) is 4.79 Å². The molecular formula is C11H16N4O3. The van der Waals surface area contributed by atoms with Crippen LogP contribution in [-0.4, -0.2) is 44.6 Å². The molecule has 1 fully saturated rings. The summed E-state index contributed by atoms with van der Waals surface area (Å²) in [5.41, 5.74) is 0. The number of carboxylic acids is 1. The summed E-state index contributed by atoms with van der Waals surface area (Å²) in [6.45, 7) is 2.27. The van der Waals surface area contributed by atoms with Gasteiger partial charge in [0.1, 0.15) is 11.9 Å². The van der Waals surface area contributed by atoms with E-state index in [1.165, 1.54) is 4.90 Å². The third kappa shape index (κ3) is 2.44. The highest BCUT2D eigenvalue weighted by Gasteiger charge is 2.34. The van der Waals surface area contributed by atoms with Crippen LogP contribution in [0.3, 0.4) is 0 Å². The molecule has 1 aliphatic heterocycles. The van der Waals surface area contributed by atoms with Crippen LogP contribution in [0.5, 0.6) is 0 Å². The average Bonchev–Trinajstić information content (AvgIpc) is 3.00. The zero-order valence-corrected chi connectivity index (χ0v) is 10.1. The van der Waals surface area contributed by atoms with Crippen molar-refractivity contribution in [2.45, 2.75) is 31.8 Å². The normalized spacial score (nSPS) is 20.7. The van der Waals surface area contributed by atoms with Crippen LogP contribution in [-0.2, 0) is 4.79 Å². The van der Waals surface area contributed by atoms with Crippen LogP contribution in [0, 0.1) is 0 Å². The number of aliphatic carboxylic acids is 1. The third-order valence-electron chi connectivity index (χ3n) is 3.07. The molecular weight excluding hydrogens is 236 g/mol. The number of carbonyl (C=O) groups excluding carboxylic acids is 1. The molecule has 3 N–H and O–H groups in total. The molecule has 1 aromatic rings. The highest BCUT2D eigenvalue weighted by molar-refractivity contribution is 5.83. The predicted octanol–water partition coefficient (Wildman–Crippen LogP) is 0.729. The van der Waals surface area contributed by atoms with Crippen molar-refractivity contribution in [2.24, 2.45) is 0 Å². The number of nitrogens with zero attached hydrogens (tertiary/aromatic N) is 2. The van der Waals surface area contributed by atoms with E-state index in [4.69, 9.17) is 5.11 Å². The Morgan fingerprint density at radius 3 is 3.06 bits per heavy atom. The Balaban J connectivity index is 1.97. The summed E-state index contributed by atoms with van der Waals surface area (Å²) in [7, 11) is 0. The van der Waals surface area contributed by atoms with Crippen molar-refractivity contribution in [3.8, 4) is 0 Å². The van der Waals surface area contributed by atoms with Crippen molar-refractivity contribution in [2.75, 3.05) is 6.54 Å². The molecule has 2 unspecified atom stereocenters. The quantitative estimate of drug-likeness (QED) is 0.738. The van der Waals surface area contributed by atoms with Gasteiger partial charge in [-0.15, -0.1) is 0 Å². The smallest absolute Gasteiger partial charge is 0.326 e. The van der Waals surface area contributed by atoms with Gasteiger partial charge in [0.15, 0.2) is 0 Å². The number of carboxylic acid groups (broad SMARTS) is 1. The van der Waals surface area contributed by atoms with E-state index < -0.39 is 12.0 Å². The highest BCUT2D eigenvalue weighted by atomic mass is 16.4. The third-order valence-corrected chi connectivity index (χ3v) is 3.07. The lowest BCUT2D eigenvalue weighted by molar-refractivity contribution is -0.141. The van der Waals surface area contributed by atoms with E-state index >= 15 is 0 Å². The topological polar surface area (TPSA) is 98.3 Å². The maximum atomic E-state index is 12.0. The maximum Gasteiger partial charge on any atom is 0.326 e. The lowest BCUT2D eigenvalue weighted by Crippen LogP contribution is -2.46. The number of H-pyrrole nitrogens is 1. The van der Waals surface area contributed by atoms with Gasteiger partial charge in [-0.3, -0.25) is 0 Å². The first-order valence-corrected chi connectivity index (χ1v) is 5.89. The molecule has 0 saturated carbocycles. The van der Waals surface area contributed by atoms with Crippen LogP contribution in [0.15, 0.2) is 12.4 Å². The largest absolute Gasteiger partial charge is 0.480 e.